The zero-order chi connectivity index (χ0) is 7.98. The van der Waals surface area contributed by atoms with Crippen molar-refractivity contribution < 1.29 is 19.5 Å². The van der Waals surface area contributed by atoms with Crippen molar-refractivity contribution in [3.05, 3.63) is 0 Å². The van der Waals surface area contributed by atoms with E-state index < -0.39 is 18.5 Å². The number of carbonyl (C=O) groups excluding carboxylic acids is 1. The van der Waals surface area contributed by atoms with Crippen molar-refractivity contribution in [3.8, 4) is 0 Å². The number of nitrogens with zero attached hydrogens (tertiary/aromatic N) is 1. The number of nitrogens with two attached hydrogens (primary N) is 1. The normalized spacial score (nSPS) is 9.60. The van der Waals surface area contributed by atoms with E-state index in [1.807, 2.05) is 0 Å². The Balaban J connectivity index is 3.36. The van der Waals surface area contributed by atoms with Crippen LogP contribution in [-0.2, 0) is 14.4 Å². The Morgan fingerprint density at radius 2 is 2.30 bits per heavy atom. The van der Waals surface area contributed by atoms with Gasteiger partial charge in [-0.25, -0.2) is 4.79 Å². The number of amides is 1. The molecule has 0 saturated heterocycles. The number of aliphatic carboxylic acids is 1. The third kappa shape index (κ3) is 6.41. The summed E-state index contributed by atoms with van der Waals surface area (Å²) in [5, 5.41) is 10.9. The average Bonchev–Trinajstić information content (AvgIpc) is 1.79. The highest BCUT2D eigenvalue weighted by Crippen LogP contribution is 1.72. The molecular weight excluding hydrogens is 140 g/mol. The van der Waals surface area contributed by atoms with Gasteiger partial charge in [0.15, 0.2) is 0 Å². The lowest BCUT2D eigenvalue weighted by Crippen LogP contribution is -2.12. The molecular formula is C4H6N2O4. The van der Waals surface area contributed by atoms with E-state index in [1.54, 1.807) is 0 Å². The lowest BCUT2D eigenvalue weighted by molar-refractivity contribution is -0.142. The Kier molecular flexibility index (Phi) is 3.62. The molecule has 0 aliphatic rings. The van der Waals surface area contributed by atoms with Crippen molar-refractivity contribution in [1.82, 2.24) is 0 Å². The van der Waals surface area contributed by atoms with E-state index in [-0.39, 0.29) is 0 Å². The van der Waals surface area contributed by atoms with Crippen LogP contribution in [0, 0.1) is 0 Å². The molecule has 3 N–H and O–H groups in total. The largest absolute Gasteiger partial charge is 0.479 e. The highest BCUT2D eigenvalue weighted by molar-refractivity contribution is 6.25. The van der Waals surface area contributed by atoms with E-state index in [0.717, 1.165) is 0 Å². The molecule has 0 aliphatic carbocycles. The molecule has 0 rings (SSSR count). The first-order valence-corrected chi connectivity index (χ1v) is 2.29. The van der Waals surface area contributed by atoms with Gasteiger partial charge in [0.1, 0.15) is 6.21 Å². The van der Waals surface area contributed by atoms with Gasteiger partial charge < -0.3 is 15.7 Å². The predicted octanol–water partition coefficient (Wildman–Crippen LogP) is -1.44. The zero-order valence-electron chi connectivity index (χ0n) is 4.98. The molecule has 0 aromatic heterocycles. The molecule has 0 heterocycles. The van der Waals surface area contributed by atoms with Crippen molar-refractivity contribution in [2.24, 2.45) is 10.9 Å². The second-order valence-corrected chi connectivity index (χ2v) is 1.30. The lowest BCUT2D eigenvalue weighted by atomic mass is 10.7. The summed E-state index contributed by atoms with van der Waals surface area (Å²) >= 11 is 0. The van der Waals surface area contributed by atoms with Crippen LogP contribution < -0.4 is 5.73 Å². The van der Waals surface area contributed by atoms with Crippen LogP contribution in [0.15, 0.2) is 5.16 Å². The molecule has 0 aliphatic heterocycles. The Hall–Kier alpha value is -1.59. The molecule has 0 aromatic carbocycles. The summed E-state index contributed by atoms with van der Waals surface area (Å²) in [6.07, 6.45) is 0.683. The van der Waals surface area contributed by atoms with Gasteiger partial charge in [0.05, 0.1) is 0 Å². The number of rotatable bonds is 4. The quantitative estimate of drug-likeness (QED) is 0.374. The Bertz CT molecular complexity index is 165. The summed E-state index contributed by atoms with van der Waals surface area (Å²) in [5.74, 6) is -1.95. The SMILES string of the molecule is NC(=O)/C=N\OCC(=O)O. The highest BCUT2D eigenvalue weighted by Gasteiger charge is 1.93. The zero-order valence-corrected chi connectivity index (χ0v) is 4.98. The van der Waals surface area contributed by atoms with E-state index in [1.165, 1.54) is 0 Å². The summed E-state index contributed by atoms with van der Waals surface area (Å²) in [7, 11) is 0. The third-order valence-electron chi connectivity index (χ3n) is 0.443. The van der Waals surface area contributed by atoms with Gasteiger partial charge in [0.25, 0.3) is 5.91 Å². The van der Waals surface area contributed by atoms with Crippen LogP contribution in [0.2, 0.25) is 0 Å². The van der Waals surface area contributed by atoms with Crippen molar-refractivity contribution in [2.75, 3.05) is 6.61 Å². The molecule has 0 bridgehead atoms. The minimum Gasteiger partial charge on any atom is -0.479 e. The molecule has 0 spiro atoms. The number of hydrogen-bond acceptors (Lipinski definition) is 4. The van der Waals surface area contributed by atoms with Crippen molar-refractivity contribution in [2.45, 2.75) is 0 Å². The summed E-state index contributed by atoms with van der Waals surface area (Å²) in [5.41, 5.74) is 4.59. The monoisotopic (exact) mass is 146 g/mol. The highest BCUT2D eigenvalue weighted by atomic mass is 16.6. The van der Waals surface area contributed by atoms with Crippen LogP contribution in [-0.4, -0.2) is 29.8 Å². The topological polar surface area (TPSA) is 102 Å². The number of hydrogen-bond donors (Lipinski definition) is 2. The second-order valence-electron chi connectivity index (χ2n) is 1.30. The first kappa shape index (κ1) is 8.41. The summed E-state index contributed by atoms with van der Waals surface area (Å²) in [6, 6.07) is 0. The molecule has 0 unspecified atom stereocenters. The van der Waals surface area contributed by atoms with Crippen LogP contribution in [0.3, 0.4) is 0 Å². The van der Waals surface area contributed by atoms with Crippen molar-refractivity contribution in [3.63, 3.8) is 0 Å². The first-order chi connectivity index (χ1) is 4.63. The molecule has 1 amide bonds. The molecule has 0 radical (unpaired) electrons. The molecule has 6 nitrogen and oxygen atoms in total. The maximum atomic E-state index is 9.89. The smallest absolute Gasteiger partial charge is 0.344 e. The van der Waals surface area contributed by atoms with Gasteiger partial charge in [-0.2, -0.15) is 0 Å². The second kappa shape index (κ2) is 4.30. The molecule has 6 heteroatoms. The summed E-state index contributed by atoms with van der Waals surface area (Å²) in [4.78, 5) is 23.7. The maximum absolute atomic E-state index is 9.89. The van der Waals surface area contributed by atoms with Gasteiger partial charge >= 0.3 is 5.97 Å². The number of primary amides is 1. The van der Waals surface area contributed by atoms with Crippen LogP contribution in [0.25, 0.3) is 0 Å². The molecule has 0 atom stereocenters. The van der Waals surface area contributed by atoms with Crippen LogP contribution in [0.5, 0.6) is 0 Å². The fraction of sp³-hybridized carbons (Fsp3) is 0.250. The van der Waals surface area contributed by atoms with E-state index in [4.69, 9.17) is 5.11 Å². The van der Waals surface area contributed by atoms with Gasteiger partial charge in [0.2, 0.25) is 6.61 Å². The molecule has 0 aromatic rings. The van der Waals surface area contributed by atoms with E-state index in [2.05, 4.69) is 15.7 Å². The fourth-order valence-electron chi connectivity index (χ4n) is 0.182. The molecule has 0 saturated carbocycles. The summed E-state index contributed by atoms with van der Waals surface area (Å²) in [6.45, 7) is -0.580. The number of oxime groups is 1. The van der Waals surface area contributed by atoms with Crippen LogP contribution in [0.1, 0.15) is 0 Å². The van der Waals surface area contributed by atoms with Crippen LogP contribution >= 0.6 is 0 Å². The van der Waals surface area contributed by atoms with Gasteiger partial charge in [-0.15, -0.1) is 0 Å². The minimum absolute atomic E-state index is 0.580. The van der Waals surface area contributed by atoms with Gasteiger partial charge in [-0.05, 0) is 0 Å². The standard InChI is InChI=1S/C4H6N2O4/c5-3(7)1-6-10-2-4(8)9/h1H,2H2,(H2,5,7)(H,8,9)/b6-1-. The minimum atomic E-state index is -1.17. The van der Waals surface area contributed by atoms with Gasteiger partial charge in [-0.3, -0.25) is 4.79 Å². The number of carboxylic acid groups (broad SMARTS) is 1. The Morgan fingerprint density at radius 3 is 2.70 bits per heavy atom. The molecule has 0 fully saturated rings. The molecule has 10 heavy (non-hydrogen) atoms. The molecule has 56 valence electrons. The lowest BCUT2D eigenvalue weighted by Gasteiger charge is -1.89. The summed E-state index contributed by atoms with van der Waals surface area (Å²) < 4.78 is 0. The number of carboxylic acids is 1. The van der Waals surface area contributed by atoms with E-state index in [9.17, 15) is 9.59 Å². The Labute approximate surface area is 56.3 Å². The van der Waals surface area contributed by atoms with Crippen molar-refractivity contribution in [1.29, 1.82) is 0 Å². The Morgan fingerprint density at radius 1 is 1.70 bits per heavy atom. The van der Waals surface area contributed by atoms with Crippen molar-refractivity contribution >= 4 is 18.1 Å². The average molecular weight is 146 g/mol. The van der Waals surface area contributed by atoms with E-state index >= 15 is 0 Å². The fourth-order valence-corrected chi connectivity index (χ4v) is 0.182. The predicted molar refractivity (Wildman–Crippen MR) is 31.3 cm³/mol. The maximum Gasteiger partial charge on any atom is 0.344 e. The van der Waals surface area contributed by atoms with Crippen LogP contribution in [0.4, 0.5) is 0 Å². The van der Waals surface area contributed by atoms with Gasteiger partial charge in [-0.1, -0.05) is 5.16 Å². The van der Waals surface area contributed by atoms with Gasteiger partial charge in [0, 0.05) is 0 Å². The first-order valence-electron chi connectivity index (χ1n) is 2.29. The van der Waals surface area contributed by atoms with E-state index in [0.29, 0.717) is 6.21 Å². The number of carbonyl (C=O) groups is 2. The third-order valence-corrected chi connectivity index (χ3v) is 0.443.